The maximum Gasteiger partial charge on any atom is 0.276 e. The van der Waals surface area contributed by atoms with Gasteiger partial charge in [0, 0.05) is 30.9 Å². The van der Waals surface area contributed by atoms with Gasteiger partial charge in [0.05, 0.1) is 5.69 Å². The summed E-state index contributed by atoms with van der Waals surface area (Å²) < 4.78 is 12.4. The number of aryl methyl sites for hydroxylation is 1. The molecule has 2 N–H and O–H groups in total. The van der Waals surface area contributed by atoms with E-state index in [1.54, 1.807) is 42.1 Å². The zero-order chi connectivity index (χ0) is 19.7. The van der Waals surface area contributed by atoms with Gasteiger partial charge in [-0.3, -0.25) is 14.3 Å². The summed E-state index contributed by atoms with van der Waals surface area (Å²) in [7, 11) is 1.78. The van der Waals surface area contributed by atoms with Crippen molar-refractivity contribution in [2.24, 2.45) is 7.05 Å². The van der Waals surface area contributed by atoms with Gasteiger partial charge < -0.3 is 20.1 Å². The molecule has 28 heavy (non-hydrogen) atoms. The highest BCUT2D eigenvalue weighted by Gasteiger charge is 2.18. The number of aromatic nitrogens is 2. The Balaban J connectivity index is 1.51. The van der Waals surface area contributed by atoms with Crippen molar-refractivity contribution in [2.75, 3.05) is 17.4 Å². The van der Waals surface area contributed by atoms with Crippen molar-refractivity contribution in [2.45, 2.75) is 6.92 Å². The summed E-state index contributed by atoms with van der Waals surface area (Å²) in [5.74, 6) is 0.895. The summed E-state index contributed by atoms with van der Waals surface area (Å²) >= 11 is 0. The molecule has 2 heterocycles. The second-order valence-corrected chi connectivity index (χ2v) is 6.32. The summed E-state index contributed by atoms with van der Waals surface area (Å²) in [6.45, 7) is 1.65. The number of carbonyl (C=O) groups is 2. The Labute approximate surface area is 161 Å². The fourth-order valence-corrected chi connectivity index (χ4v) is 2.94. The number of ether oxygens (including phenoxy) is 2. The lowest BCUT2D eigenvalue weighted by Crippen LogP contribution is -2.13. The Hall–Kier alpha value is -3.81. The Bertz CT molecular complexity index is 1060. The standard InChI is InChI=1S/C20H18N4O4/c1-12(25)21-14-4-6-15(7-5-14)22-20(26)16-10-17(24(2)23-16)13-3-8-18-19(9-13)28-11-27-18/h3-10H,11H2,1-2H3,(H,21,25)(H,22,26). The number of benzene rings is 2. The maximum atomic E-state index is 12.6. The zero-order valence-electron chi connectivity index (χ0n) is 15.4. The van der Waals surface area contributed by atoms with Gasteiger partial charge in [-0.25, -0.2) is 0 Å². The minimum atomic E-state index is -0.324. The van der Waals surface area contributed by atoms with E-state index in [1.165, 1.54) is 6.92 Å². The molecule has 0 unspecified atom stereocenters. The van der Waals surface area contributed by atoms with Crippen molar-refractivity contribution in [3.05, 3.63) is 54.2 Å². The maximum absolute atomic E-state index is 12.6. The van der Waals surface area contributed by atoms with Crippen LogP contribution in [0.5, 0.6) is 11.5 Å². The lowest BCUT2D eigenvalue weighted by atomic mass is 10.1. The van der Waals surface area contributed by atoms with Gasteiger partial charge in [0.1, 0.15) is 0 Å². The monoisotopic (exact) mass is 378 g/mol. The fourth-order valence-electron chi connectivity index (χ4n) is 2.94. The van der Waals surface area contributed by atoms with Gasteiger partial charge in [-0.05, 0) is 48.5 Å². The molecule has 0 bridgehead atoms. The van der Waals surface area contributed by atoms with Crippen LogP contribution in [0, 0.1) is 0 Å². The lowest BCUT2D eigenvalue weighted by molar-refractivity contribution is -0.114. The average Bonchev–Trinajstić information content (AvgIpc) is 3.28. The molecule has 0 fully saturated rings. The van der Waals surface area contributed by atoms with Crippen LogP contribution in [0.3, 0.4) is 0 Å². The van der Waals surface area contributed by atoms with Crippen LogP contribution in [0.15, 0.2) is 48.5 Å². The van der Waals surface area contributed by atoms with Gasteiger partial charge in [0.2, 0.25) is 12.7 Å². The SMILES string of the molecule is CC(=O)Nc1ccc(NC(=O)c2cc(-c3ccc4c(c3)OCO4)n(C)n2)cc1. The van der Waals surface area contributed by atoms with Crippen LogP contribution in [-0.4, -0.2) is 28.4 Å². The molecule has 0 spiro atoms. The molecule has 2 aromatic carbocycles. The molecule has 1 aromatic heterocycles. The fraction of sp³-hybridized carbons (Fsp3) is 0.150. The third kappa shape index (κ3) is 3.52. The number of rotatable bonds is 4. The predicted octanol–water partition coefficient (Wildman–Crippen LogP) is 3.03. The highest BCUT2D eigenvalue weighted by molar-refractivity contribution is 6.03. The lowest BCUT2D eigenvalue weighted by Gasteiger charge is -2.05. The van der Waals surface area contributed by atoms with Crippen molar-refractivity contribution in [1.29, 1.82) is 0 Å². The van der Waals surface area contributed by atoms with Gasteiger partial charge in [-0.2, -0.15) is 5.10 Å². The number of nitrogens with zero attached hydrogens (tertiary/aromatic N) is 2. The number of carbonyl (C=O) groups excluding carboxylic acids is 2. The van der Waals surface area contributed by atoms with Crippen molar-refractivity contribution < 1.29 is 19.1 Å². The van der Waals surface area contributed by atoms with Gasteiger partial charge in [0.25, 0.3) is 5.91 Å². The van der Waals surface area contributed by atoms with Crippen LogP contribution < -0.4 is 20.1 Å². The second-order valence-electron chi connectivity index (χ2n) is 6.32. The first-order valence-corrected chi connectivity index (χ1v) is 8.63. The molecule has 4 rings (SSSR count). The second kappa shape index (κ2) is 7.07. The number of hydrogen-bond donors (Lipinski definition) is 2. The summed E-state index contributed by atoms with van der Waals surface area (Å²) in [5, 5.41) is 9.79. The number of nitrogens with one attached hydrogen (secondary N) is 2. The van der Waals surface area contributed by atoms with Crippen LogP contribution >= 0.6 is 0 Å². The van der Waals surface area contributed by atoms with Crippen molar-refractivity contribution in [3.8, 4) is 22.8 Å². The number of amides is 2. The molecule has 0 aliphatic carbocycles. The number of fused-ring (bicyclic) bond motifs is 1. The van der Waals surface area contributed by atoms with Crippen LogP contribution in [0.1, 0.15) is 17.4 Å². The Morgan fingerprint density at radius 1 is 0.964 bits per heavy atom. The minimum absolute atomic E-state index is 0.152. The van der Waals surface area contributed by atoms with E-state index in [9.17, 15) is 9.59 Å². The van der Waals surface area contributed by atoms with Crippen LogP contribution in [0.4, 0.5) is 11.4 Å². The Morgan fingerprint density at radius 3 is 2.36 bits per heavy atom. The third-order valence-corrected chi connectivity index (χ3v) is 4.24. The van der Waals surface area contributed by atoms with E-state index in [0.717, 1.165) is 11.3 Å². The Kier molecular flexibility index (Phi) is 4.44. The molecule has 0 saturated heterocycles. The molecule has 2 amide bonds. The van der Waals surface area contributed by atoms with E-state index < -0.39 is 0 Å². The molecule has 0 atom stereocenters. The van der Waals surface area contributed by atoms with E-state index in [1.807, 2.05) is 18.2 Å². The van der Waals surface area contributed by atoms with E-state index in [4.69, 9.17) is 9.47 Å². The molecule has 3 aromatic rings. The van der Waals surface area contributed by atoms with Crippen LogP contribution in [-0.2, 0) is 11.8 Å². The Morgan fingerprint density at radius 2 is 1.64 bits per heavy atom. The van der Waals surface area contributed by atoms with Crippen LogP contribution in [0.25, 0.3) is 11.3 Å². The van der Waals surface area contributed by atoms with E-state index in [0.29, 0.717) is 28.6 Å². The molecule has 8 nitrogen and oxygen atoms in total. The first-order chi connectivity index (χ1) is 13.5. The third-order valence-electron chi connectivity index (χ3n) is 4.24. The highest BCUT2D eigenvalue weighted by atomic mass is 16.7. The highest BCUT2D eigenvalue weighted by Crippen LogP contribution is 2.35. The summed E-state index contributed by atoms with van der Waals surface area (Å²) in [6, 6.07) is 14.2. The molecule has 0 saturated carbocycles. The van der Waals surface area contributed by atoms with Crippen LogP contribution in [0.2, 0.25) is 0 Å². The van der Waals surface area contributed by atoms with Crippen molar-refractivity contribution in [1.82, 2.24) is 9.78 Å². The first-order valence-electron chi connectivity index (χ1n) is 8.63. The van der Waals surface area contributed by atoms with Gasteiger partial charge in [-0.15, -0.1) is 0 Å². The molecule has 0 radical (unpaired) electrons. The molecule has 1 aliphatic rings. The zero-order valence-corrected chi connectivity index (χ0v) is 15.4. The summed E-state index contributed by atoms with van der Waals surface area (Å²) in [5.41, 5.74) is 3.21. The smallest absolute Gasteiger partial charge is 0.276 e. The molecule has 142 valence electrons. The largest absolute Gasteiger partial charge is 0.454 e. The average molecular weight is 378 g/mol. The molecular weight excluding hydrogens is 360 g/mol. The topological polar surface area (TPSA) is 94.5 Å². The predicted molar refractivity (Wildman–Crippen MR) is 103 cm³/mol. The molecule has 1 aliphatic heterocycles. The van der Waals surface area contributed by atoms with E-state index >= 15 is 0 Å². The number of anilines is 2. The quantitative estimate of drug-likeness (QED) is 0.728. The van der Waals surface area contributed by atoms with Gasteiger partial charge in [-0.1, -0.05) is 0 Å². The van der Waals surface area contributed by atoms with Gasteiger partial charge in [0.15, 0.2) is 17.2 Å². The summed E-state index contributed by atoms with van der Waals surface area (Å²) in [6.07, 6.45) is 0. The van der Waals surface area contributed by atoms with Gasteiger partial charge >= 0.3 is 0 Å². The van der Waals surface area contributed by atoms with E-state index in [-0.39, 0.29) is 18.6 Å². The van der Waals surface area contributed by atoms with Crippen molar-refractivity contribution >= 4 is 23.2 Å². The van der Waals surface area contributed by atoms with Crippen molar-refractivity contribution in [3.63, 3.8) is 0 Å². The number of hydrogen-bond acceptors (Lipinski definition) is 5. The van der Waals surface area contributed by atoms with E-state index in [2.05, 4.69) is 15.7 Å². The molecular formula is C20H18N4O4. The minimum Gasteiger partial charge on any atom is -0.454 e. The summed E-state index contributed by atoms with van der Waals surface area (Å²) in [4.78, 5) is 23.6. The molecule has 8 heteroatoms. The normalized spacial score (nSPS) is 11.9. The first kappa shape index (κ1) is 17.6.